The number of imidazole rings is 1. The van der Waals surface area contributed by atoms with Gasteiger partial charge in [0.25, 0.3) is 10.1 Å². The molecule has 0 atom stereocenters. The highest BCUT2D eigenvalue weighted by atomic mass is 32.2. The van der Waals surface area contributed by atoms with E-state index in [1.165, 1.54) is 30.6 Å². The highest BCUT2D eigenvalue weighted by Gasteiger charge is 2.29. The second kappa shape index (κ2) is 10.1. The van der Waals surface area contributed by atoms with Gasteiger partial charge in [0.05, 0.1) is 33.5 Å². The third-order valence-electron chi connectivity index (χ3n) is 4.91. The highest BCUT2D eigenvalue weighted by molar-refractivity contribution is 7.85. The van der Waals surface area contributed by atoms with Crippen molar-refractivity contribution in [2.24, 2.45) is 0 Å². The maximum Gasteiger partial charge on any atom is 0.416 e. The van der Waals surface area contributed by atoms with Crippen molar-refractivity contribution in [3.63, 3.8) is 0 Å². The Hall–Kier alpha value is -4.29. The van der Waals surface area contributed by atoms with E-state index >= 15 is 0 Å². The Bertz CT molecular complexity index is 1570. The Morgan fingerprint density at radius 2 is 1.58 bits per heavy atom. The van der Waals surface area contributed by atoms with E-state index in [1.54, 1.807) is 30.6 Å². The zero-order valence-corrected chi connectivity index (χ0v) is 19.1. The zero-order valence-electron chi connectivity index (χ0n) is 18.3. The number of aromatic amines is 1. The Labute approximate surface area is 203 Å². The fraction of sp³-hybridized carbons (Fsp3) is 0.0417. The average molecular weight is 514 g/mol. The minimum absolute atomic E-state index is 0.0741. The molecule has 2 heterocycles. The lowest BCUT2D eigenvalue weighted by Gasteiger charge is -2.09. The van der Waals surface area contributed by atoms with Crippen molar-refractivity contribution in [3.8, 4) is 11.3 Å². The van der Waals surface area contributed by atoms with Crippen molar-refractivity contribution in [1.82, 2.24) is 19.9 Å². The van der Waals surface area contributed by atoms with Crippen LogP contribution in [0.1, 0.15) is 5.56 Å². The lowest BCUT2D eigenvalue weighted by atomic mass is 10.1. The van der Waals surface area contributed by atoms with Crippen molar-refractivity contribution in [2.45, 2.75) is 11.1 Å². The molecule has 0 spiro atoms. The molecule has 5 rings (SSSR count). The van der Waals surface area contributed by atoms with Gasteiger partial charge in [-0.3, -0.25) is 4.55 Å². The van der Waals surface area contributed by atoms with Crippen LogP contribution in [-0.2, 0) is 16.3 Å². The number of alkyl halides is 3. The Morgan fingerprint density at radius 1 is 0.861 bits per heavy atom. The van der Waals surface area contributed by atoms with Gasteiger partial charge in [0.2, 0.25) is 0 Å². The van der Waals surface area contributed by atoms with Crippen molar-refractivity contribution in [3.05, 3.63) is 97.1 Å². The predicted molar refractivity (Wildman–Crippen MR) is 128 cm³/mol. The van der Waals surface area contributed by atoms with Gasteiger partial charge in [0.1, 0.15) is 12.1 Å². The first-order chi connectivity index (χ1) is 17.1. The second-order valence-corrected chi connectivity index (χ2v) is 8.83. The molecule has 2 aromatic heterocycles. The number of hydrogen-bond donors (Lipinski definition) is 3. The summed E-state index contributed by atoms with van der Waals surface area (Å²) < 4.78 is 67.1. The summed E-state index contributed by atoms with van der Waals surface area (Å²) in [7, 11) is -4.00. The van der Waals surface area contributed by atoms with Gasteiger partial charge in [-0.15, -0.1) is 0 Å². The molecule has 0 aliphatic heterocycles. The minimum atomic E-state index is -4.36. The molecule has 0 saturated carbocycles. The van der Waals surface area contributed by atoms with Gasteiger partial charge in [-0.05, 0) is 48.5 Å². The Morgan fingerprint density at radius 3 is 2.22 bits per heavy atom. The number of aromatic nitrogens is 4. The molecule has 5 aromatic rings. The fourth-order valence-corrected chi connectivity index (χ4v) is 3.66. The van der Waals surface area contributed by atoms with E-state index in [2.05, 4.69) is 25.3 Å². The SMILES string of the molecule is FC(F)(F)c1ccc(Nc2cc(-c3ccc4nc[nH]c4c3)ncn2)cc1.O=S(=O)(O)c1ccccc1. The fourth-order valence-electron chi connectivity index (χ4n) is 3.16. The number of benzene rings is 3. The first-order valence-electron chi connectivity index (χ1n) is 10.3. The van der Waals surface area contributed by atoms with Crippen LogP contribution in [0, 0.1) is 0 Å². The molecule has 0 saturated heterocycles. The first kappa shape index (κ1) is 24.8. The van der Waals surface area contributed by atoms with E-state index in [9.17, 15) is 21.6 Å². The Balaban J connectivity index is 0.000000256. The molecule has 36 heavy (non-hydrogen) atoms. The maximum atomic E-state index is 12.6. The number of hydrogen-bond acceptors (Lipinski definition) is 6. The molecule has 3 N–H and O–H groups in total. The van der Waals surface area contributed by atoms with Crippen LogP contribution in [0.3, 0.4) is 0 Å². The third-order valence-corrected chi connectivity index (χ3v) is 5.78. The van der Waals surface area contributed by atoms with Crippen molar-refractivity contribution in [1.29, 1.82) is 0 Å². The van der Waals surface area contributed by atoms with Crippen molar-refractivity contribution < 1.29 is 26.1 Å². The number of anilines is 2. The molecule has 3 aromatic carbocycles. The van der Waals surface area contributed by atoms with Crippen LogP contribution in [0.15, 0.2) is 96.4 Å². The smallest absolute Gasteiger partial charge is 0.345 e. The molecular weight excluding hydrogens is 495 g/mol. The second-order valence-electron chi connectivity index (χ2n) is 7.41. The van der Waals surface area contributed by atoms with Crippen LogP contribution >= 0.6 is 0 Å². The number of fused-ring (bicyclic) bond motifs is 1. The van der Waals surface area contributed by atoms with Gasteiger partial charge in [-0.25, -0.2) is 15.0 Å². The summed E-state index contributed by atoms with van der Waals surface area (Å²) in [5.74, 6) is 0.486. The van der Waals surface area contributed by atoms with Gasteiger partial charge >= 0.3 is 6.18 Å². The quantitative estimate of drug-likeness (QED) is 0.263. The summed E-state index contributed by atoms with van der Waals surface area (Å²) in [6.07, 6.45) is -1.34. The van der Waals surface area contributed by atoms with Crippen LogP contribution < -0.4 is 5.32 Å². The number of H-pyrrole nitrogens is 1. The molecule has 0 radical (unpaired) electrons. The molecule has 0 bridgehead atoms. The van der Waals surface area contributed by atoms with Gasteiger partial charge in [-0.1, -0.05) is 24.3 Å². The molecule has 0 aliphatic rings. The van der Waals surface area contributed by atoms with Crippen LogP contribution in [0.5, 0.6) is 0 Å². The number of rotatable bonds is 4. The molecule has 184 valence electrons. The van der Waals surface area contributed by atoms with Gasteiger partial charge < -0.3 is 10.3 Å². The topological polar surface area (TPSA) is 121 Å². The monoisotopic (exact) mass is 513 g/mol. The number of halogens is 3. The molecule has 0 unspecified atom stereocenters. The zero-order chi connectivity index (χ0) is 25.8. The Kier molecular flexibility index (Phi) is 6.99. The summed E-state index contributed by atoms with van der Waals surface area (Å²) in [6, 6.07) is 19.6. The normalized spacial score (nSPS) is 11.6. The largest absolute Gasteiger partial charge is 0.416 e. The lowest BCUT2D eigenvalue weighted by molar-refractivity contribution is -0.137. The molecule has 8 nitrogen and oxygen atoms in total. The van der Waals surface area contributed by atoms with E-state index in [0.29, 0.717) is 17.2 Å². The van der Waals surface area contributed by atoms with E-state index in [1.807, 2.05) is 18.2 Å². The summed E-state index contributed by atoms with van der Waals surface area (Å²) in [4.78, 5) is 15.5. The summed E-state index contributed by atoms with van der Waals surface area (Å²) in [5.41, 5.74) is 3.11. The summed E-state index contributed by atoms with van der Waals surface area (Å²) in [5, 5.41) is 2.99. The lowest BCUT2D eigenvalue weighted by Crippen LogP contribution is -2.04. The van der Waals surface area contributed by atoms with Crippen molar-refractivity contribution >= 4 is 32.7 Å². The molecular formula is C24H18F3N5O3S. The van der Waals surface area contributed by atoms with E-state index < -0.39 is 21.9 Å². The van der Waals surface area contributed by atoms with Gasteiger partial charge in [-0.2, -0.15) is 21.6 Å². The minimum Gasteiger partial charge on any atom is -0.345 e. The first-order valence-corrected chi connectivity index (χ1v) is 11.8. The third kappa shape index (κ3) is 6.23. The summed E-state index contributed by atoms with van der Waals surface area (Å²) >= 11 is 0. The number of nitrogens with one attached hydrogen (secondary N) is 2. The van der Waals surface area contributed by atoms with E-state index in [0.717, 1.165) is 28.7 Å². The molecule has 0 fully saturated rings. The number of nitrogens with zero attached hydrogens (tertiary/aromatic N) is 3. The van der Waals surface area contributed by atoms with Crippen LogP contribution in [0.25, 0.3) is 22.3 Å². The van der Waals surface area contributed by atoms with Crippen LogP contribution in [0.2, 0.25) is 0 Å². The van der Waals surface area contributed by atoms with E-state index in [4.69, 9.17) is 4.55 Å². The molecule has 0 amide bonds. The summed E-state index contributed by atoms with van der Waals surface area (Å²) in [6.45, 7) is 0. The van der Waals surface area contributed by atoms with E-state index in [-0.39, 0.29) is 4.90 Å². The molecule has 0 aliphatic carbocycles. The standard InChI is InChI=1S/C18H12F3N5.C6H6O3S/c19-18(20,21)12-2-4-13(5-3-12)26-17-8-15(23-10-25-17)11-1-6-14-16(7-11)24-9-22-14;7-10(8,9)6-4-2-1-3-5-6/h1-10H,(H,22,24)(H,23,25,26);1-5H,(H,7,8,9). The maximum absolute atomic E-state index is 12.6. The predicted octanol–water partition coefficient (Wildman–Crippen LogP) is 5.72. The average Bonchev–Trinajstić information content (AvgIpc) is 3.33. The highest BCUT2D eigenvalue weighted by Crippen LogP contribution is 2.30. The molecule has 12 heteroatoms. The van der Waals surface area contributed by atoms with Crippen molar-refractivity contribution in [2.75, 3.05) is 5.32 Å². The van der Waals surface area contributed by atoms with Crippen LogP contribution in [0.4, 0.5) is 24.7 Å². The van der Waals surface area contributed by atoms with Crippen LogP contribution in [-0.4, -0.2) is 32.9 Å². The van der Waals surface area contributed by atoms with Gasteiger partial charge in [0, 0.05) is 17.3 Å². The van der Waals surface area contributed by atoms with Gasteiger partial charge in [0.15, 0.2) is 0 Å².